The molecule has 0 fully saturated rings. The van der Waals surface area contributed by atoms with E-state index in [9.17, 15) is 12.8 Å². The lowest BCUT2D eigenvalue weighted by Gasteiger charge is -1.91. The van der Waals surface area contributed by atoms with E-state index in [0.717, 1.165) is 6.07 Å². The van der Waals surface area contributed by atoms with Gasteiger partial charge in [0.15, 0.2) is 5.76 Å². The fourth-order valence-electron chi connectivity index (χ4n) is 1.23. The first-order valence-corrected chi connectivity index (χ1v) is 6.40. The topological polar surface area (TPSA) is 60.2 Å². The van der Waals surface area contributed by atoms with Crippen molar-refractivity contribution in [3.05, 3.63) is 29.8 Å². The molecule has 0 unspecified atom stereocenters. The minimum atomic E-state index is -3.70. The van der Waals surface area contributed by atoms with Gasteiger partial charge in [0, 0.05) is 22.1 Å². The number of benzene rings is 1. The predicted octanol–water partition coefficient (Wildman–Crippen LogP) is 2.04. The number of halogens is 2. The first-order chi connectivity index (χ1) is 6.96. The highest BCUT2D eigenvalue weighted by Gasteiger charge is 2.15. The van der Waals surface area contributed by atoms with Gasteiger partial charge in [0.2, 0.25) is 9.05 Å². The Bertz CT molecular complexity index is 607. The predicted molar refractivity (Wildman–Crippen MR) is 52.4 cm³/mol. The molecule has 0 aliphatic rings. The fourth-order valence-corrected chi connectivity index (χ4v) is 2.05. The second kappa shape index (κ2) is 3.46. The van der Waals surface area contributed by atoms with Crippen LogP contribution in [0.4, 0.5) is 4.39 Å². The van der Waals surface area contributed by atoms with E-state index in [1.54, 1.807) is 0 Å². The summed E-state index contributed by atoms with van der Waals surface area (Å²) < 4.78 is 39.1. The lowest BCUT2D eigenvalue weighted by molar-refractivity contribution is 0.401. The standard InChI is InChI=1S/C8H5ClFNO3S/c9-15(12,13)4-8-6-2-1-5(10)3-7(6)11-14-8/h1-3H,4H2. The highest BCUT2D eigenvalue weighted by atomic mass is 35.7. The van der Waals surface area contributed by atoms with E-state index in [4.69, 9.17) is 15.2 Å². The van der Waals surface area contributed by atoms with Crippen molar-refractivity contribution >= 4 is 30.6 Å². The van der Waals surface area contributed by atoms with E-state index in [0.29, 0.717) is 5.39 Å². The zero-order valence-electron chi connectivity index (χ0n) is 7.28. The average Bonchev–Trinajstić information content (AvgIpc) is 2.45. The van der Waals surface area contributed by atoms with Gasteiger partial charge in [-0.05, 0) is 12.1 Å². The van der Waals surface area contributed by atoms with Crippen molar-refractivity contribution in [3.8, 4) is 0 Å². The number of nitrogens with zero attached hydrogens (tertiary/aromatic N) is 1. The molecule has 4 nitrogen and oxygen atoms in total. The van der Waals surface area contributed by atoms with Crippen molar-refractivity contribution in [3.63, 3.8) is 0 Å². The first kappa shape index (κ1) is 10.4. The van der Waals surface area contributed by atoms with Crippen LogP contribution in [0.5, 0.6) is 0 Å². The van der Waals surface area contributed by atoms with Crippen LogP contribution in [0, 0.1) is 5.82 Å². The second-order valence-electron chi connectivity index (χ2n) is 2.95. The summed E-state index contributed by atoms with van der Waals surface area (Å²) in [5.74, 6) is -0.812. The van der Waals surface area contributed by atoms with E-state index >= 15 is 0 Å². The van der Waals surface area contributed by atoms with Gasteiger partial charge < -0.3 is 4.52 Å². The normalized spacial score (nSPS) is 12.1. The van der Waals surface area contributed by atoms with Gasteiger partial charge in [-0.1, -0.05) is 5.16 Å². The summed E-state index contributed by atoms with van der Waals surface area (Å²) in [7, 11) is 1.36. The quantitative estimate of drug-likeness (QED) is 0.764. The lowest BCUT2D eigenvalue weighted by atomic mass is 10.2. The number of fused-ring (bicyclic) bond motifs is 1. The van der Waals surface area contributed by atoms with Crippen LogP contribution < -0.4 is 0 Å². The van der Waals surface area contributed by atoms with Gasteiger partial charge >= 0.3 is 0 Å². The number of aromatic nitrogens is 1. The van der Waals surface area contributed by atoms with Crippen LogP contribution in [-0.2, 0) is 14.8 Å². The largest absolute Gasteiger partial charge is 0.359 e. The monoisotopic (exact) mass is 249 g/mol. The third kappa shape index (κ3) is 2.27. The molecule has 1 aromatic heterocycles. The van der Waals surface area contributed by atoms with Gasteiger partial charge in [-0.3, -0.25) is 0 Å². The number of hydrogen-bond acceptors (Lipinski definition) is 4. The van der Waals surface area contributed by atoms with Gasteiger partial charge in [0.1, 0.15) is 17.1 Å². The molecule has 2 aromatic rings. The van der Waals surface area contributed by atoms with Crippen LogP contribution in [0.25, 0.3) is 10.9 Å². The van der Waals surface area contributed by atoms with Crippen molar-refractivity contribution < 1.29 is 17.3 Å². The van der Waals surface area contributed by atoms with Crippen molar-refractivity contribution in [1.29, 1.82) is 0 Å². The Labute approximate surface area is 89.0 Å². The Hall–Kier alpha value is -1.14. The van der Waals surface area contributed by atoms with Crippen molar-refractivity contribution in [2.45, 2.75) is 5.75 Å². The van der Waals surface area contributed by atoms with E-state index < -0.39 is 20.6 Å². The molecular weight excluding hydrogens is 245 g/mol. The molecule has 0 radical (unpaired) electrons. The zero-order chi connectivity index (χ0) is 11.1. The van der Waals surface area contributed by atoms with Gasteiger partial charge in [0.05, 0.1) is 0 Å². The van der Waals surface area contributed by atoms with Gasteiger partial charge in [-0.2, -0.15) is 0 Å². The molecule has 1 aromatic carbocycles. The molecule has 0 amide bonds. The molecule has 0 saturated carbocycles. The van der Waals surface area contributed by atoms with Crippen LogP contribution >= 0.6 is 10.7 Å². The molecule has 0 aliphatic heterocycles. The Morgan fingerprint density at radius 1 is 1.47 bits per heavy atom. The molecule has 80 valence electrons. The van der Waals surface area contributed by atoms with Crippen LogP contribution in [0.3, 0.4) is 0 Å². The fraction of sp³-hybridized carbons (Fsp3) is 0.125. The third-order valence-electron chi connectivity index (χ3n) is 1.82. The molecule has 0 atom stereocenters. The van der Waals surface area contributed by atoms with Crippen LogP contribution in [-0.4, -0.2) is 13.6 Å². The Morgan fingerprint density at radius 2 is 2.20 bits per heavy atom. The number of hydrogen-bond donors (Lipinski definition) is 0. The SMILES string of the molecule is O=S(=O)(Cl)Cc1onc2cc(F)ccc12. The van der Waals surface area contributed by atoms with Crippen LogP contribution in [0.1, 0.15) is 5.76 Å². The van der Waals surface area contributed by atoms with Crippen molar-refractivity contribution in [1.82, 2.24) is 5.16 Å². The Balaban J connectivity index is 2.55. The Morgan fingerprint density at radius 3 is 2.87 bits per heavy atom. The minimum Gasteiger partial charge on any atom is -0.359 e. The smallest absolute Gasteiger partial charge is 0.240 e. The van der Waals surface area contributed by atoms with Crippen LogP contribution in [0.2, 0.25) is 0 Å². The van der Waals surface area contributed by atoms with E-state index in [1.807, 2.05) is 0 Å². The summed E-state index contributed by atoms with van der Waals surface area (Å²) in [6.07, 6.45) is 0. The molecule has 0 N–H and O–H groups in total. The molecule has 1 heterocycles. The molecule has 0 saturated heterocycles. The third-order valence-corrected chi connectivity index (χ3v) is 2.75. The van der Waals surface area contributed by atoms with E-state index in [2.05, 4.69) is 5.16 Å². The van der Waals surface area contributed by atoms with Crippen molar-refractivity contribution in [2.24, 2.45) is 0 Å². The number of rotatable bonds is 2. The summed E-state index contributed by atoms with van der Waals surface area (Å²) in [6, 6.07) is 3.76. The maximum atomic E-state index is 12.8. The average molecular weight is 250 g/mol. The first-order valence-electron chi connectivity index (χ1n) is 3.92. The van der Waals surface area contributed by atoms with Gasteiger partial charge in [0.25, 0.3) is 0 Å². The van der Waals surface area contributed by atoms with Gasteiger partial charge in [-0.15, -0.1) is 0 Å². The lowest BCUT2D eigenvalue weighted by Crippen LogP contribution is -1.93. The summed E-state index contributed by atoms with van der Waals surface area (Å²) in [4.78, 5) is 0. The van der Waals surface area contributed by atoms with Crippen LogP contribution in [0.15, 0.2) is 22.7 Å². The maximum absolute atomic E-state index is 12.8. The van der Waals surface area contributed by atoms with E-state index in [1.165, 1.54) is 12.1 Å². The minimum absolute atomic E-state index is 0.111. The summed E-state index contributed by atoms with van der Waals surface area (Å²) in [6.45, 7) is 0. The molecule has 15 heavy (non-hydrogen) atoms. The van der Waals surface area contributed by atoms with E-state index in [-0.39, 0.29) is 11.3 Å². The summed E-state index contributed by atoms with van der Waals surface area (Å²) in [5, 5.41) is 3.97. The van der Waals surface area contributed by atoms with Gasteiger partial charge in [-0.25, -0.2) is 12.8 Å². The molecular formula is C8H5ClFNO3S. The highest BCUT2D eigenvalue weighted by molar-refractivity contribution is 8.13. The molecule has 0 bridgehead atoms. The zero-order valence-corrected chi connectivity index (χ0v) is 8.85. The summed E-state index contributed by atoms with van der Waals surface area (Å²) >= 11 is 0. The summed E-state index contributed by atoms with van der Waals surface area (Å²) in [5.41, 5.74) is 0.269. The van der Waals surface area contributed by atoms with Crippen molar-refractivity contribution in [2.75, 3.05) is 0 Å². The molecule has 7 heteroatoms. The molecule has 2 rings (SSSR count). The molecule has 0 spiro atoms. The molecule has 0 aliphatic carbocycles. The Kier molecular flexibility index (Phi) is 2.40. The maximum Gasteiger partial charge on any atom is 0.240 e. The second-order valence-corrected chi connectivity index (χ2v) is 5.73. The highest BCUT2D eigenvalue weighted by Crippen LogP contribution is 2.21.